The Balaban J connectivity index is 2.24. The van der Waals surface area contributed by atoms with E-state index in [9.17, 15) is 5.26 Å². The first kappa shape index (κ1) is 14.5. The fourth-order valence-corrected chi connectivity index (χ4v) is 3.38. The molecule has 0 bridgehead atoms. The number of hydrogen-bond acceptors (Lipinski definition) is 2. The molecule has 0 fully saturated rings. The zero-order valence-electron chi connectivity index (χ0n) is 13.9. The van der Waals surface area contributed by atoms with Crippen LogP contribution in [0, 0.1) is 25.2 Å². The Labute approximate surface area is 140 Å². The van der Waals surface area contributed by atoms with Gasteiger partial charge < -0.3 is 4.42 Å². The molecule has 116 valence electrons. The molecule has 0 N–H and O–H groups in total. The molecule has 3 heteroatoms. The lowest BCUT2D eigenvalue weighted by molar-refractivity contribution is -0.660. The largest absolute Gasteiger partial charge is 0.455 e. The molecule has 0 aliphatic heterocycles. The average Bonchev–Trinajstić information content (AvgIpc) is 2.93. The highest BCUT2D eigenvalue weighted by molar-refractivity contribution is 6.12. The van der Waals surface area contributed by atoms with Crippen molar-refractivity contribution in [3.63, 3.8) is 0 Å². The molecule has 0 unspecified atom stereocenters. The van der Waals surface area contributed by atoms with Crippen LogP contribution < -0.4 is 4.57 Å². The highest BCUT2D eigenvalue weighted by Crippen LogP contribution is 2.39. The number of nitriles is 1. The molecule has 24 heavy (non-hydrogen) atoms. The third-order valence-corrected chi connectivity index (χ3v) is 4.53. The summed E-state index contributed by atoms with van der Waals surface area (Å²) in [5.74, 6) is 0. The van der Waals surface area contributed by atoms with E-state index in [0.717, 1.165) is 44.3 Å². The van der Waals surface area contributed by atoms with Crippen molar-refractivity contribution in [1.82, 2.24) is 0 Å². The van der Waals surface area contributed by atoms with Gasteiger partial charge in [0.15, 0.2) is 11.8 Å². The number of pyridine rings is 1. The van der Waals surface area contributed by atoms with Gasteiger partial charge in [0.05, 0.1) is 17.2 Å². The molecule has 0 radical (unpaired) electrons. The van der Waals surface area contributed by atoms with E-state index in [1.165, 1.54) is 0 Å². The van der Waals surface area contributed by atoms with Crippen LogP contribution in [0.5, 0.6) is 0 Å². The number of aromatic nitrogens is 1. The second-order valence-electron chi connectivity index (χ2n) is 6.23. The van der Waals surface area contributed by atoms with Gasteiger partial charge in [0.1, 0.15) is 12.6 Å². The predicted octanol–water partition coefficient (Wildman–Crippen LogP) is 4.57. The maximum atomic E-state index is 9.63. The standard InChI is InChI=1S/C21H17N2O/c1-13-7-8-18-16(10-13)20-15(12-22)11-14(2)19(21(20)24-18)17-6-4-5-9-23(17)3/h4-11H,1-3H3/q+1. The Kier molecular flexibility index (Phi) is 3.14. The smallest absolute Gasteiger partial charge is 0.216 e. The Bertz CT molecular complexity index is 1150. The van der Waals surface area contributed by atoms with Crippen molar-refractivity contribution in [2.75, 3.05) is 0 Å². The summed E-state index contributed by atoms with van der Waals surface area (Å²) >= 11 is 0. The molecule has 2 aromatic heterocycles. The minimum Gasteiger partial charge on any atom is -0.455 e. The molecule has 4 rings (SSSR count). The van der Waals surface area contributed by atoms with Crippen LogP contribution in [0.25, 0.3) is 33.2 Å². The first-order valence-corrected chi connectivity index (χ1v) is 7.91. The second kappa shape index (κ2) is 5.21. The molecule has 2 aromatic carbocycles. The van der Waals surface area contributed by atoms with Gasteiger partial charge in [-0.2, -0.15) is 5.26 Å². The van der Waals surface area contributed by atoms with Crippen LogP contribution in [0.2, 0.25) is 0 Å². The van der Waals surface area contributed by atoms with Gasteiger partial charge in [-0.3, -0.25) is 0 Å². The van der Waals surface area contributed by atoms with Gasteiger partial charge in [0.2, 0.25) is 5.69 Å². The highest BCUT2D eigenvalue weighted by Gasteiger charge is 2.22. The summed E-state index contributed by atoms with van der Waals surface area (Å²) in [4.78, 5) is 0. The molecule has 0 aliphatic carbocycles. The number of hydrogen-bond donors (Lipinski definition) is 0. The average molecular weight is 313 g/mol. The van der Waals surface area contributed by atoms with Crippen molar-refractivity contribution in [3.8, 4) is 17.3 Å². The molecule has 0 saturated carbocycles. The minimum absolute atomic E-state index is 0.661. The van der Waals surface area contributed by atoms with Crippen molar-refractivity contribution in [2.24, 2.45) is 7.05 Å². The van der Waals surface area contributed by atoms with Crippen LogP contribution in [0.15, 0.2) is 53.1 Å². The fraction of sp³-hybridized carbons (Fsp3) is 0.143. The van der Waals surface area contributed by atoms with E-state index in [-0.39, 0.29) is 0 Å². The van der Waals surface area contributed by atoms with E-state index in [0.29, 0.717) is 5.56 Å². The lowest BCUT2D eigenvalue weighted by atomic mass is 9.96. The van der Waals surface area contributed by atoms with E-state index in [2.05, 4.69) is 29.7 Å². The molecule has 0 aliphatic rings. The Morgan fingerprint density at radius 1 is 1.08 bits per heavy atom. The summed E-state index contributed by atoms with van der Waals surface area (Å²) < 4.78 is 8.28. The summed E-state index contributed by atoms with van der Waals surface area (Å²) in [7, 11) is 2.02. The number of aryl methyl sites for hydroxylation is 3. The zero-order valence-corrected chi connectivity index (χ0v) is 13.9. The molecule has 0 spiro atoms. The molecule has 0 saturated heterocycles. The van der Waals surface area contributed by atoms with Crippen molar-refractivity contribution in [3.05, 3.63) is 65.4 Å². The molecule has 0 atom stereocenters. The van der Waals surface area contributed by atoms with E-state index < -0.39 is 0 Å². The Morgan fingerprint density at radius 3 is 2.67 bits per heavy atom. The number of fused-ring (bicyclic) bond motifs is 3. The SMILES string of the molecule is Cc1ccc2oc3c(-c4cccc[n+]4C)c(C)cc(C#N)c3c2c1. The quantitative estimate of drug-likeness (QED) is 0.483. The first-order chi connectivity index (χ1) is 11.6. The topological polar surface area (TPSA) is 40.8 Å². The minimum atomic E-state index is 0.661. The van der Waals surface area contributed by atoms with Gasteiger partial charge in [-0.05, 0) is 43.7 Å². The predicted molar refractivity (Wildman–Crippen MR) is 94.5 cm³/mol. The van der Waals surface area contributed by atoms with E-state index >= 15 is 0 Å². The molecular formula is C21H17N2O+. The zero-order chi connectivity index (χ0) is 16.8. The van der Waals surface area contributed by atoms with Crippen LogP contribution in [-0.4, -0.2) is 0 Å². The lowest BCUT2D eigenvalue weighted by Gasteiger charge is -2.06. The third-order valence-electron chi connectivity index (χ3n) is 4.53. The van der Waals surface area contributed by atoms with E-state index in [4.69, 9.17) is 4.42 Å². The van der Waals surface area contributed by atoms with Crippen molar-refractivity contribution < 1.29 is 8.98 Å². The van der Waals surface area contributed by atoms with Gasteiger partial charge >= 0.3 is 0 Å². The van der Waals surface area contributed by atoms with Gasteiger partial charge in [0, 0.05) is 22.9 Å². The van der Waals surface area contributed by atoms with Gasteiger partial charge in [-0.25, -0.2) is 4.57 Å². The van der Waals surface area contributed by atoms with E-state index in [1.54, 1.807) is 0 Å². The fourth-order valence-electron chi connectivity index (χ4n) is 3.38. The third kappa shape index (κ3) is 2.00. The van der Waals surface area contributed by atoms with Crippen LogP contribution >= 0.6 is 0 Å². The lowest BCUT2D eigenvalue weighted by Crippen LogP contribution is -2.30. The summed E-state index contributed by atoms with van der Waals surface area (Å²) in [5, 5.41) is 11.5. The van der Waals surface area contributed by atoms with E-state index in [1.807, 2.05) is 50.5 Å². The summed E-state index contributed by atoms with van der Waals surface area (Å²) in [6.45, 7) is 4.08. The number of furan rings is 1. The summed E-state index contributed by atoms with van der Waals surface area (Å²) in [6, 6.07) is 16.5. The van der Waals surface area contributed by atoms with Gasteiger partial charge in [-0.1, -0.05) is 11.6 Å². The van der Waals surface area contributed by atoms with Gasteiger partial charge in [-0.15, -0.1) is 0 Å². The second-order valence-corrected chi connectivity index (χ2v) is 6.23. The van der Waals surface area contributed by atoms with Crippen molar-refractivity contribution in [1.29, 1.82) is 5.26 Å². The van der Waals surface area contributed by atoms with Crippen LogP contribution in [0.1, 0.15) is 16.7 Å². The van der Waals surface area contributed by atoms with Crippen molar-refractivity contribution >= 4 is 21.9 Å². The molecular weight excluding hydrogens is 296 g/mol. The van der Waals surface area contributed by atoms with Crippen molar-refractivity contribution in [2.45, 2.75) is 13.8 Å². The molecule has 2 heterocycles. The monoisotopic (exact) mass is 313 g/mol. The highest BCUT2D eigenvalue weighted by atomic mass is 16.3. The maximum Gasteiger partial charge on any atom is 0.216 e. The van der Waals surface area contributed by atoms with Gasteiger partial charge in [0.25, 0.3) is 0 Å². The first-order valence-electron chi connectivity index (χ1n) is 7.91. The molecule has 4 aromatic rings. The normalized spacial score (nSPS) is 11.1. The number of nitrogens with zero attached hydrogens (tertiary/aromatic N) is 2. The Morgan fingerprint density at radius 2 is 1.92 bits per heavy atom. The molecule has 3 nitrogen and oxygen atoms in total. The maximum absolute atomic E-state index is 9.63. The number of rotatable bonds is 1. The summed E-state index contributed by atoms with van der Waals surface area (Å²) in [6.07, 6.45) is 2.02. The van der Waals surface area contributed by atoms with Crippen LogP contribution in [0.3, 0.4) is 0 Å². The molecule has 0 amide bonds. The van der Waals surface area contributed by atoms with Crippen LogP contribution in [0.4, 0.5) is 0 Å². The number of benzene rings is 2. The summed E-state index contributed by atoms with van der Waals surface area (Å²) in [5.41, 5.74) is 6.57. The van der Waals surface area contributed by atoms with Crippen LogP contribution in [-0.2, 0) is 7.05 Å². The Hall–Kier alpha value is -3.12.